The van der Waals surface area contributed by atoms with Crippen LogP contribution in [0.2, 0.25) is 5.02 Å². The van der Waals surface area contributed by atoms with Crippen molar-refractivity contribution in [1.29, 1.82) is 5.26 Å². The number of carbonyl (C=O) groups is 2. The predicted octanol–water partition coefficient (Wildman–Crippen LogP) is 2.71. The number of hydrogen-bond acceptors (Lipinski definition) is 5. The highest BCUT2D eigenvalue weighted by Gasteiger charge is 2.20. The molecule has 0 aliphatic carbocycles. The third kappa shape index (κ3) is 3.56. The minimum Gasteiger partial charge on any atom is -0.355 e. The molecule has 0 unspecified atom stereocenters. The van der Waals surface area contributed by atoms with E-state index < -0.39 is 11.8 Å². The number of aryl methyl sites for hydroxylation is 1. The van der Waals surface area contributed by atoms with Gasteiger partial charge in [-0.15, -0.1) is 0 Å². The number of aromatic nitrogens is 3. The zero-order valence-electron chi connectivity index (χ0n) is 15.0. The molecular formula is C19H15ClN6O2. The maximum atomic E-state index is 12.9. The number of halogens is 1. The lowest BCUT2D eigenvalue weighted by molar-refractivity contribution is 0.0964. The van der Waals surface area contributed by atoms with Crippen LogP contribution in [0.5, 0.6) is 0 Å². The molecule has 1 aromatic carbocycles. The first-order valence-corrected chi connectivity index (χ1v) is 8.57. The molecule has 8 nitrogen and oxygen atoms in total. The van der Waals surface area contributed by atoms with E-state index in [1.165, 1.54) is 30.1 Å². The molecular weight excluding hydrogens is 380 g/mol. The van der Waals surface area contributed by atoms with Gasteiger partial charge < -0.3 is 10.6 Å². The summed E-state index contributed by atoms with van der Waals surface area (Å²) in [5, 5.41) is 18.9. The Morgan fingerprint density at radius 2 is 2.00 bits per heavy atom. The molecule has 0 aliphatic heterocycles. The molecule has 0 saturated heterocycles. The highest BCUT2D eigenvalue weighted by atomic mass is 35.5. The summed E-state index contributed by atoms with van der Waals surface area (Å²) in [7, 11) is 1.47. The zero-order valence-corrected chi connectivity index (χ0v) is 15.8. The first-order valence-electron chi connectivity index (χ1n) is 8.19. The summed E-state index contributed by atoms with van der Waals surface area (Å²) in [5.74, 6) is -0.614. The number of anilines is 1. The maximum Gasteiger partial charge on any atom is 0.274 e. The van der Waals surface area contributed by atoms with Crippen molar-refractivity contribution in [3.63, 3.8) is 0 Å². The molecule has 0 spiro atoms. The smallest absolute Gasteiger partial charge is 0.274 e. The third-order valence-corrected chi connectivity index (χ3v) is 4.28. The van der Waals surface area contributed by atoms with Crippen molar-refractivity contribution in [2.75, 3.05) is 12.4 Å². The average molecular weight is 395 g/mol. The fourth-order valence-corrected chi connectivity index (χ4v) is 2.89. The molecule has 2 aromatic heterocycles. The molecule has 3 aromatic rings. The van der Waals surface area contributed by atoms with E-state index in [2.05, 4.69) is 20.7 Å². The minimum atomic E-state index is -0.503. The van der Waals surface area contributed by atoms with Crippen molar-refractivity contribution < 1.29 is 9.59 Å². The number of benzene rings is 1. The zero-order chi connectivity index (χ0) is 20.3. The number of amides is 2. The van der Waals surface area contributed by atoms with Gasteiger partial charge in [-0.1, -0.05) is 11.6 Å². The molecule has 2 N–H and O–H groups in total. The summed E-state index contributed by atoms with van der Waals surface area (Å²) in [4.78, 5) is 29.3. The predicted molar refractivity (Wildman–Crippen MR) is 104 cm³/mol. The molecule has 0 fully saturated rings. The van der Waals surface area contributed by atoms with Gasteiger partial charge in [0.05, 0.1) is 34.1 Å². The monoisotopic (exact) mass is 394 g/mol. The second-order valence-corrected chi connectivity index (χ2v) is 6.21. The van der Waals surface area contributed by atoms with Crippen LogP contribution in [-0.4, -0.2) is 33.6 Å². The van der Waals surface area contributed by atoms with Gasteiger partial charge in [0.1, 0.15) is 5.69 Å². The highest BCUT2D eigenvalue weighted by Crippen LogP contribution is 2.25. The topological polar surface area (TPSA) is 113 Å². The van der Waals surface area contributed by atoms with E-state index in [9.17, 15) is 9.59 Å². The highest BCUT2D eigenvalue weighted by molar-refractivity contribution is 6.32. The Kier molecular flexibility index (Phi) is 5.38. The maximum absolute atomic E-state index is 12.9. The van der Waals surface area contributed by atoms with Crippen LogP contribution >= 0.6 is 11.6 Å². The minimum absolute atomic E-state index is 0.187. The van der Waals surface area contributed by atoms with Gasteiger partial charge in [-0.25, -0.2) is 9.67 Å². The Hall–Kier alpha value is -3.70. The number of carbonyl (C=O) groups excluding carboxylic acids is 2. The normalized spacial score (nSPS) is 10.2. The van der Waals surface area contributed by atoms with E-state index in [4.69, 9.17) is 16.9 Å². The van der Waals surface area contributed by atoms with Crippen LogP contribution in [0.4, 0.5) is 5.69 Å². The summed E-state index contributed by atoms with van der Waals surface area (Å²) < 4.78 is 1.32. The van der Waals surface area contributed by atoms with Crippen LogP contribution in [-0.2, 0) is 0 Å². The number of nitrogens with zero attached hydrogens (tertiary/aromatic N) is 4. The van der Waals surface area contributed by atoms with E-state index >= 15 is 0 Å². The molecule has 28 heavy (non-hydrogen) atoms. The SMILES string of the molecule is CNC(=O)c1cc(C#N)cc(C)c1NC(=O)c1ccnn1-c1ncccc1Cl. The second-order valence-electron chi connectivity index (χ2n) is 5.80. The van der Waals surface area contributed by atoms with Gasteiger partial charge in [0, 0.05) is 13.2 Å². The summed E-state index contributed by atoms with van der Waals surface area (Å²) in [5.41, 5.74) is 1.58. The number of pyridine rings is 1. The molecule has 0 aliphatic rings. The second kappa shape index (κ2) is 7.90. The standard InChI is InChI=1S/C19H15ClN6O2/c1-11-8-12(10-21)9-13(18(27)22-2)16(11)25-19(28)15-5-7-24-26(15)17-14(20)4-3-6-23-17/h3-9H,1-2H3,(H,22,27)(H,25,28). The van der Waals surface area contributed by atoms with Crippen LogP contribution in [0.25, 0.3) is 5.82 Å². The Labute approximate surface area is 165 Å². The molecule has 2 amide bonds. The molecule has 2 heterocycles. The van der Waals surface area contributed by atoms with Gasteiger partial charge in [-0.2, -0.15) is 10.4 Å². The lowest BCUT2D eigenvalue weighted by Crippen LogP contribution is -2.24. The van der Waals surface area contributed by atoms with E-state index in [-0.39, 0.29) is 11.3 Å². The van der Waals surface area contributed by atoms with E-state index in [0.29, 0.717) is 27.7 Å². The van der Waals surface area contributed by atoms with Gasteiger partial charge in [0.25, 0.3) is 11.8 Å². The van der Waals surface area contributed by atoms with E-state index in [0.717, 1.165) is 0 Å². The Bertz CT molecular complexity index is 1120. The molecule has 0 radical (unpaired) electrons. The van der Waals surface area contributed by atoms with Crippen molar-refractivity contribution in [1.82, 2.24) is 20.1 Å². The first-order chi connectivity index (χ1) is 13.5. The number of nitrogens with one attached hydrogen (secondary N) is 2. The number of rotatable bonds is 4. The van der Waals surface area contributed by atoms with E-state index in [1.54, 1.807) is 31.3 Å². The van der Waals surface area contributed by atoms with Gasteiger partial charge in [0.2, 0.25) is 0 Å². The summed E-state index contributed by atoms with van der Waals surface area (Å²) in [6.07, 6.45) is 2.99. The van der Waals surface area contributed by atoms with E-state index in [1.807, 2.05) is 6.07 Å². The quantitative estimate of drug-likeness (QED) is 0.706. The van der Waals surface area contributed by atoms with Crippen LogP contribution < -0.4 is 10.6 Å². The molecule has 140 valence electrons. The van der Waals surface area contributed by atoms with Crippen molar-refractivity contribution in [2.45, 2.75) is 6.92 Å². The van der Waals surface area contributed by atoms with Gasteiger partial charge >= 0.3 is 0 Å². The van der Waals surface area contributed by atoms with Crippen molar-refractivity contribution in [2.24, 2.45) is 0 Å². The van der Waals surface area contributed by atoms with Gasteiger partial charge in [-0.3, -0.25) is 9.59 Å². The largest absolute Gasteiger partial charge is 0.355 e. The molecule has 0 bridgehead atoms. The molecule has 9 heteroatoms. The van der Waals surface area contributed by atoms with Crippen LogP contribution in [0.1, 0.15) is 32.0 Å². The first kappa shape index (κ1) is 19.1. The lowest BCUT2D eigenvalue weighted by atomic mass is 10.0. The van der Waals surface area contributed by atoms with Crippen molar-refractivity contribution in [3.05, 3.63) is 70.1 Å². The van der Waals surface area contributed by atoms with Crippen LogP contribution in [0.15, 0.2) is 42.7 Å². The summed E-state index contributed by atoms with van der Waals surface area (Å²) in [6.45, 7) is 1.70. The third-order valence-electron chi connectivity index (χ3n) is 3.99. The fraction of sp³-hybridized carbons (Fsp3) is 0.105. The number of hydrogen-bond donors (Lipinski definition) is 2. The average Bonchev–Trinajstić information content (AvgIpc) is 3.18. The Morgan fingerprint density at radius 1 is 1.21 bits per heavy atom. The van der Waals surface area contributed by atoms with Gasteiger partial charge in [-0.05, 0) is 42.8 Å². The van der Waals surface area contributed by atoms with Gasteiger partial charge in [0.15, 0.2) is 5.82 Å². The molecule has 0 atom stereocenters. The number of nitriles is 1. The molecule has 0 saturated carbocycles. The molecule has 3 rings (SSSR count). The van der Waals surface area contributed by atoms with Crippen LogP contribution in [0, 0.1) is 18.3 Å². The Morgan fingerprint density at radius 3 is 2.68 bits per heavy atom. The van der Waals surface area contributed by atoms with Crippen molar-refractivity contribution >= 4 is 29.1 Å². The van der Waals surface area contributed by atoms with Crippen molar-refractivity contribution in [3.8, 4) is 11.9 Å². The van der Waals surface area contributed by atoms with Crippen LogP contribution in [0.3, 0.4) is 0 Å². The summed E-state index contributed by atoms with van der Waals surface area (Å²) in [6, 6.07) is 9.84. The lowest BCUT2D eigenvalue weighted by Gasteiger charge is -2.14. The Balaban J connectivity index is 2.02. The fourth-order valence-electron chi connectivity index (χ4n) is 2.69. The summed E-state index contributed by atoms with van der Waals surface area (Å²) >= 11 is 6.16.